The van der Waals surface area contributed by atoms with Crippen LogP contribution in [0.3, 0.4) is 0 Å². The van der Waals surface area contributed by atoms with E-state index in [4.69, 9.17) is 14.2 Å². The molecule has 0 amide bonds. The molecule has 0 bridgehead atoms. The molecule has 0 spiro atoms. The van der Waals surface area contributed by atoms with E-state index in [0.29, 0.717) is 31.1 Å². The lowest BCUT2D eigenvalue weighted by molar-refractivity contribution is 0.0576. The molecule has 1 aromatic heterocycles. The number of rotatable bonds is 8. The lowest BCUT2D eigenvalue weighted by Crippen LogP contribution is -2.12. The van der Waals surface area contributed by atoms with Gasteiger partial charge >= 0.3 is 0 Å². The van der Waals surface area contributed by atoms with E-state index in [1.807, 2.05) is 6.92 Å². The van der Waals surface area contributed by atoms with Crippen molar-refractivity contribution in [1.29, 1.82) is 0 Å². The Hall–Kier alpha value is -1.46. The van der Waals surface area contributed by atoms with Crippen molar-refractivity contribution in [2.24, 2.45) is 0 Å². The summed E-state index contributed by atoms with van der Waals surface area (Å²) >= 11 is 0. The highest BCUT2D eigenvalue weighted by atomic mass is 16.5. The summed E-state index contributed by atoms with van der Waals surface area (Å²) in [5.41, 5.74) is 0.494. The third-order valence-electron chi connectivity index (χ3n) is 2.01. The maximum Gasteiger partial charge on any atom is 0.190 e. The molecule has 0 saturated carbocycles. The molecule has 0 aliphatic carbocycles. The van der Waals surface area contributed by atoms with Crippen LogP contribution < -0.4 is 4.74 Å². The van der Waals surface area contributed by atoms with Crippen LogP contribution in [0.15, 0.2) is 18.5 Å². The number of ketones is 1. The van der Waals surface area contributed by atoms with Gasteiger partial charge in [0.05, 0.1) is 26.0 Å². The van der Waals surface area contributed by atoms with Crippen molar-refractivity contribution in [3.8, 4) is 5.75 Å². The predicted octanol–water partition coefficient (Wildman–Crippen LogP) is 1.33. The first kappa shape index (κ1) is 13.6. The van der Waals surface area contributed by atoms with Crippen LogP contribution in [0.25, 0.3) is 0 Å². The quantitative estimate of drug-likeness (QED) is 0.506. The number of carbonyl (C=O) groups excluding carboxylic acids is 1. The van der Waals surface area contributed by atoms with Crippen molar-refractivity contribution in [1.82, 2.24) is 4.98 Å². The number of hydrogen-bond acceptors (Lipinski definition) is 5. The lowest BCUT2D eigenvalue weighted by Gasteiger charge is -2.05. The van der Waals surface area contributed by atoms with Gasteiger partial charge in [-0.1, -0.05) is 0 Å². The number of Topliss-reactive ketones (excluding diaryl/α,β-unsaturated/α-hetero) is 1. The molecule has 0 N–H and O–H groups in total. The standard InChI is InChI=1S/C12H17NO4/c1-3-17-11-6-10(7-13-8-11)12(14)9-16-5-4-15-2/h6-8H,3-5,9H2,1-2H3. The molecule has 0 radical (unpaired) electrons. The number of methoxy groups -OCH3 is 1. The van der Waals surface area contributed by atoms with Crippen LogP contribution in [-0.2, 0) is 9.47 Å². The van der Waals surface area contributed by atoms with E-state index >= 15 is 0 Å². The van der Waals surface area contributed by atoms with Gasteiger partial charge in [0.25, 0.3) is 0 Å². The van der Waals surface area contributed by atoms with Crippen LogP contribution in [0.4, 0.5) is 0 Å². The monoisotopic (exact) mass is 239 g/mol. The Balaban J connectivity index is 2.47. The minimum atomic E-state index is -0.116. The van der Waals surface area contributed by atoms with Crippen molar-refractivity contribution in [2.75, 3.05) is 33.5 Å². The van der Waals surface area contributed by atoms with Gasteiger partial charge in [0, 0.05) is 18.9 Å². The van der Waals surface area contributed by atoms with Crippen LogP contribution in [-0.4, -0.2) is 44.3 Å². The Bertz CT molecular complexity index is 354. The summed E-state index contributed by atoms with van der Waals surface area (Å²) < 4.78 is 15.2. The van der Waals surface area contributed by atoms with E-state index in [0.717, 1.165) is 0 Å². The zero-order valence-electron chi connectivity index (χ0n) is 10.1. The van der Waals surface area contributed by atoms with Crippen LogP contribution in [0.2, 0.25) is 0 Å². The van der Waals surface area contributed by atoms with Crippen molar-refractivity contribution in [3.63, 3.8) is 0 Å². The maximum atomic E-state index is 11.7. The van der Waals surface area contributed by atoms with Crippen LogP contribution in [0.1, 0.15) is 17.3 Å². The van der Waals surface area contributed by atoms with Gasteiger partial charge in [-0.2, -0.15) is 0 Å². The maximum absolute atomic E-state index is 11.7. The van der Waals surface area contributed by atoms with E-state index in [2.05, 4.69) is 4.98 Å². The van der Waals surface area contributed by atoms with Gasteiger partial charge in [-0.3, -0.25) is 9.78 Å². The van der Waals surface area contributed by atoms with Crippen molar-refractivity contribution >= 4 is 5.78 Å². The molecule has 1 aromatic rings. The first-order valence-electron chi connectivity index (χ1n) is 5.45. The summed E-state index contributed by atoms with van der Waals surface area (Å²) in [5, 5.41) is 0. The average Bonchev–Trinajstić information content (AvgIpc) is 2.35. The number of ether oxygens (including phenoxy) is 3. The normalized spacial score (nSPS) is 10.2. The van der Waals surface area contributed by atoms with Gasteiger partial charge in [-0.25, -0.2) is 0 Å². The SMILES string of the molecule is CCOc1cncc(C(=O)COCCOC)c1. The fourth-order valence-electron chi connectivity index (χ4n) is 1.21. The van der Waals surface area contributed by atoms with Gasteiger partial charge < -0.3 is 14.2 Å². The second-order valence-electron chi connectivity index (χ2n) is 3.31. The van der Waals surface area contributed by atoms with Crippen LogP contribution >= 0.6 is 0 Å². The molecule has 94 valence electrons. The Morgan fingerprint density at radius 2 is 2.18 bits per heavy atom. The second-order valence-corrected chi connectivity index (χ2v) is 3.31. The molecule has 17 heavy (non-hydrogen) atoms. The Morgan fingerprint density at radius 1 is 1.35 bits per heavy atom. The van der Waals surface area contributed by atoms with E-state index in [9.17, 15) is 4.79 Å². The first-order chi connectivity index (χ1) is 8.27. The van der Waals surface area contributed by atoms with E-state index in [1.54, 1.807) is 19.4 Å². The molecule has 1 rings (SSSR count). The smallest absolute Gasteiger partial charge is 0.190 e. The average molecular weight is 239 g/mol. The van der Waals surface area contributed by atoms with E-state index in [1.165, 1.54) is 6.20 Å². The Morgan fingerprint density at radius 3 is 2.88 bits per heavy atom. The molecule has 5 nitrogen and oxygen atoms in total. The molecule has 5 heteroatoms. The minimum Gasteiger partial charge on any atom is -0.492 e. The number of nitrogens with zero attached hydrogens (tertiary/aromatic N) is 1. The van der Waals surface area contributed by atoms with Gasteiger partial charge in [0.1, 0.15) is 12.4 Å². The summed E-state index contributed by atoms with van der Waals surface area (Å²) in [5.74, 6) is 0.477. The highest BCUT2D eigenvalue weighted by Gasteiger charge is 2.07. The molecule has 0 aliphatic heterocycles. The molecule has 0 atom stereocenters. The van der Waals surface area contributed by atoms with Crippen LogP contribution in [0.5, 0.6) is 5.75 Å². The molecule has 0 unspecified atom stereocenters. The van der Waals surface area contributed by atoms with Gasteiger partial charge in [-0.15, -0.1) is 0 Å². The zero-order valence-corrected chi connectivity index (χ0v) is 10.1. The third kappa shape index (κ3) is 4.93. The lowest BCUT2D eigenvalue weighted by atomic mass is 10.2. The highest BCUT2D eigenvalue weighted by Crippen LogP contribution is 2.11. The zero-order chi connectivity index (χ0) is 12.5. The summed E-state index contributed by atoms with van der Waals surface area (Å²) in [4.78, 5) is 15.6. The second kappa shape index (κ2) is 7.76. The Labute approximate surface area is 101 Å². The first-order valence-corrected chi connectivity index (χ1v) is 5.45. The Kier molecular flexibility index (Phi) is 6.21. The predicted molar refractivity (Wildman–Crippen MR) is 62.4 cm³/mol. The topological polar surface area (TPSA) is 57.7 Å². The summed E-state index contributed by atoms with van der Waals surface area (Å²) in [6.45, 7) is 3.33. The fourth-order valence-corrected chi connectivity index (χ4v) is 1.21. The van der Waals surface area contributed by atoms with Gasteiger partial charge in [-0.05, 0) is 13.0 Å². The van der Waals surface area contributed by atoms with E-state index in [-0.39, 0.29) is 12.4 Å². The molecular weight excluding hydrogens is 222 g/mol. The molecule has 1 heterocycles. The summed E-state index contributed by atoms with van der Waals surface area (Å²) in [7, 11) is 1.58. The summed E-state index contributed by atoms with van der Waals surface area (Å²) in [6, 6.07) is 1.67. The largest absolute Gasteiger partial charge is 0.492 e. The minimum absolute atomic E-state index is 0.0284. The number of carbonyl (C=O) groups is 1. The number of aromatic nitrogens is 1. The molecule has 0 aromatic carbocycles. The number of hydrogen-bond donors (Lipinski definition) is 0. The van der Waals surface area contributed by atoms with Crippen molar-refractivity contribution in [3.05, 3.63) is 24.0 Å². The third-order valence-corrected chi connectivity index (χ3v) is 2.01. The highest BCUT2D eigenvalue weighted by molar-refractivity contribution is 5.97. The van der Waals surface area contributed by atoms with Crippen molar-refractivity contribution in [2.45, 2.75) is 6.92 Å². The van der Waals surface area contributed by atoms with Gasteiger partial charge in [0.2, 0.25) is 0 Å². The van der Waals surface area contributed by atoms with Gasteiger partial charge in [0.15, 0.2) is 5.78 Å². The van der Waals surface area contributed by atoms with Crippen LogP contribution in [0, 0.1) is 0 Å². The van der Waals surface area contributed by atoms with E-state index < -0.39 is 0 Å². The molecule has 0 saturated heterocycles. The van der Waals surface area contributed by atoms with Crippen molar-refractivity contribution < 1.29 is 19.0 Å². The molecule has 0 aliphatic rings. The number of pyridine rings is 1. The molecule has 0 fully saturated rings. The summed E-state index contributed by atoms with van der Waals surface area (Å²) in [6.07, 6.45) is 3.08. The molecular formula is C12H17NO4. The fraction of sp³-hybridized carbons (Fsp3) is 0.500.